The maximum Gasteiger partial charge on any atom is 0.234 e. The van der Waals surface area contributed by atoms with Gasteiger partial charge in [-0.1, -0.05) is 50.7 Å². The predicted octanol–water partition coefficient (Wildman–Crippen LogP) is 4.57. The van der Waals surface area contributed by atoms with Crippen LogP contribution in [0.2, 0.25) is 0 Å². The van der Waals surface area contributed by atoms with Gasteiger partial charge in [-0.05, 0) is 34.6 Å². The molecule has 0 unspecified atom stereocenters. The van der Waals surface area contributed by atoms with Crippen molar-refractivity contribution in [3.05, 3.63) is 47.3 Å². The second kappa shape index (κ2) is 7.63. The molecule has 3 rings (SSSR count). The van der Waals surface area contributed by atoms with E-state index in [9.17, 15) is 4.79 Å². The molecule has 5 nitrogen and oxygen atoms in total. The van der Waals surface area contributed by atoms with Crippen LogP contribution in [0.1, 0.15) is 26.3 Å². The van der Waals surface area contributed by atoms with E-state index in [1.54, 1.807) is 11.3 Å². The van der Waals surface area contributed by atoms with Gasteiger partial charge in [-0.3, -0.25) is 4.79 Å². The minimum Gasteiger partial charge on any atom is -0.325 e. The summed E-state index contributed by atoms with van der Waals surface area (Å²) in [6.45, 7) is 6.51. The second-order valence-electron chi connectivity index (χ2n) is 7.01. The molecule has 1 N–H and O–H groups in total. The van der Waals surface area contributed by atoms with Gasteiger partial charge in [0.15, 0.2) is 11.0 Å². The molecule has 0 atom stereocenters. The lowest BCUT2D eigenvalue weighted by atomic mass is 9.87. The molecule has 2 heterocycles. The molecule has 3 aromatic rings. The zero-order chi connectivity index (χ0) is 18.7. The molecule has 0 fully saturated rings. The van der Waals surface area contributed by atoms with Gasteiger partial charge in [0.1, 0.15) is 0 Å². The van der Waals surface area contributed by atoms with E-state index in [4.69, 9.17) is 0 Å². The molecule has 136 valence electrons. The summed E-state index contributed by atoms with van der Waals surface area (Å²) < 4.78 is 1.92. The highest BCUT2D eigenvalue weighted by molar-refractivity contribution is 7.99. The number of aromatic nitrogens is 3. The third-order valence-electron chi connectivity index (χ3n) is 3.94. The second-order valence-corrected chi connectivity index (χ2v) is 8.90. The minimum absolute atomic E-state index is 0.0563. The molecule has 0 bridgehead atoms. The minimum atomic E-state index is -0.0563. The lowest BCUT2D eigenvalue weighted by Gasteiger charge is -2.19. The lowest BCUT2D eigenvalue weighted by Crippen LogP contribution is -2.15. The molecule has 7 heteroatoms. The average molecular weight is 387 g/mol. The fourth-order valence-electron chi connectivity index (χ4n) is 2.44. The van der Waals surface area contributed by atoms with Gasteiger partial charge in [0, 0.05) is 12.7 Å². The van der Waals surface area contributed by atoms with E-state index in [2.05, 4.69) is 48.4 Å². The van der Waals surface area contributed by atoms with E-state index in [1.165, 1.54) is 17.3 Å². The number of anilines is 1. The zero-order valence-electron chi connectivity index (χ0n) is 15.3. The monoisotopic (exact) mass is 386 g/mol. The maximum atomic E-state index is 12.2. The largest absolute Gasteiger partial charge is 0.325 e. The number of carbonyl (C=O) groups is 1. The third kappa shape index (κ3) is 4.34. The Kier molecular flexibility index (Phi) is 5.48. The van der Waals surface area contributed by atoms with Crippen LogP contribution in [0.5, 0.6) is 0 Å². The Hall–Kier alpha value is -2.12. The number of nitrogens with zero attached hydrogens (tertiary/aromatic N) is 3. The molecule has 0 radical (unpaired) electrons. The van der Waals surface area contributed by atoms with Crippen molar-refractivity contribution in [3.8, 4) is 10.7 Å². The Morgan fingerprint density at radius 1 is 1.19 bits per heavy atom. The van der Waals surface area contributed by atoms with Crippen molar-refractivity contribution in [3.63, 3.8) is 0 Å². The third-order valence-corrected chi connectivity index (χ3v) is 5.83. The highest BCUT2D eigenvalue weighted by Crippen LogP contribution is 2.26. The van der Waals surface area contributed by atoms with Crippen LogP contribution < -0.4 is 5.32 Å². The first-order valence-corrected chi connectivity index (χ1v) is 10.2. The van der Waals surface area contributed by atoms with Crippen LogP contribution >= 0.6 is 23.1 Å². The fraction of sp³-hybridized carbons (Fsp3) is 0.316. The number of thioether (sulfide) groups is 1. The van der Waals surface area contributed by atoms with Crippen LogP contribution in [0.3, 0.4) is 0 Å². The van der Waals surface area contributed by atoms with Gasteiger partial charge in [0.25, 0.3) is 0 Å². The van der Waals surface area contributed by atoms with E-state index in [1.807, 2.05) is 41.3 Å². The Morgan fingerprint density at radius 3 is 2.54 bits per heavy atom. The summed E-state index contributed by atoms with van der Waals surface area (Å²) in [5, 5.41) is 14.1. The Balaban J connectivity index is 1.58. The van der Waals surface area contributed by atoms with E-state index in [-0.39, 0.29) is 17.1 Å². The normalized spacial score (nSPS) is 11.5. The summed E-state index contributed by atoms with van der Waals surface area (Å²) in [5.74, 6) is 1.05. The molecular weight excluding hydrogens is 364 g/mol. The van der Waals surface area contributed by atoms with E-state index < -0.39 is 0 Å². The van der Waals surface area contributed by atoms with Crippen molar-refractivity contribution < 1.29 is 4.79 Å². The van der Waals surface area contributed by atoms with Crippen molar-refractivity contribution in [1.29, 1.82) is 0 Å². The highest BCUT2D eigenvalue weighted by Gasteiger charge is 2.15. The van der Waals surface area contributed by atoms with Crippen LogP contribution in [0.15, 0.2) is 46.9 Å². The van der Waals surface area contributed by atoms with Gasteiger partial charge in [-0.2, -0.15) is 0 Å². The summed E-state index contributed by atoms with van der Waals surface area (Å²) in [5.41, 5.74) is 2.15. The SMILES string of the molecule is Cn1c(SCC(=O)Nc2ccc(C(C)(C)C)cc2)nnc1-c1cccs1. The first kappa shape index (κ1) is 18.7. The summed E-state index contributed by atoms with van der Waals surface area (Å²) in [6, 6.07) is 12.0. The van der Waals surface area contributed by atoms with E-state index in [0.717, 1.165) is 21.5 Å². The van der Waals surface area contributed by atoms with Crippen LogP contribution in [0, 0.1) is 0 Å². The molecule has 0 saturated carbocycles. The molecular formula is C19H22N4OS2. The smallest absolute Gasteiger partial charge is 0.234 e. The van der Waals surface area contributed by atoms with Gasteiger partial charge in [-0.25, -0.2) is 0 Å². The van der Waals surface area contributed by atoms with Gasteiger partial charge in [0.05, 0.1) is 10.6 Å². The quantitative estimate of drug-likeness (QED) is 0.653. The maximum absolute atomic E-state index is 12.2. The van der Waals surface area contributed by atoms with Crippen LogP contribution in [0.25, 0.3) is 10.7 Å². The van der Waals surface area contributed by atoms with E-state index in [0.29, 0.717) is 0 Å². The summed E-state index contributed by atoms with van der Waals surface area (Å²) >= 11 is 3.00. The van der Waals surface area contributed by atoms with Crippen molar-refractivity contribution in [2.24, 2.45) is 7.05 Å². The molecule has 26 heavy (non-hydrogen) atoms. The lowest BCUT2D eigenvalue weighted by molar-refractivity contribution is -0.113. The molecule has 1 amide bonds. The van der Waals surface area contributed by atoms with Crippen molar-refractivity contribution in [1.82, 2.24) is 14.8 Å². The highest BCUT2D eigenvalue weighted by atomic mass is 32.2. The van der Waals surface area contributed by atoms with Gasteiger partial charge >= 0.3 is 0 Å². The molecule has 0 spiro atoms. The van der Waals surface area contributed by atoms with Crippen LogP contribution in [0.4, 0.5) is 5.69 Å². The number of thiophene rings is 1. The average Bonchev–Trinajstić information content (AvgIpc) is 3.22. The van der Waals surface area contributed by atoms with Gasteiger partial charge in [-0.15, -0.1) is 21.5 Å². The number of benzene rings is 1. The Morgan fingerprint density at radius 2 is 1.92 bits per heavy atom. The molecule has 0 aliphatic heterocycles. The van der Waals surface area contributed by atoms with Crippen LogP contribution in [-0.2, 0) is 17.3 Å². The molecule has 0 aliphatic carbocycles. The van der Waals surface area contributed by atoms with Crippen molar-refractivity contribution >= 4 is 34.7 Å². The molecule has 2 aromatic heterocycles. The first-order valence-electron chi connectivity index (χ1n) is 8.31. The Labute approximate surface area is 161 Å². The molecule has 1 aromatic carbocycles. The van der Waals surface area contributed by atoms with Gasteiger partial charge in [0.2, 0.25) is 5.91 Å². The predicted molar refractivity (Wildman–Crippen MR) is 109 cm³/mol. The summed E-state index contributed by atoms with van der Waals surface area (Å²) in [6.07, 6.45) is 0. The number of amides is 1. The number of nitrogens with one attached hydrogen (secondary N) is 1. The standard InChI is InChI=1S/C19H22N4OS2/c1-19(2,3)13-7-9-14(10-8-13)20-16(24)12-26-18-22-21-17(23(18)4)15-6-5-11-25-15/h5-11H,12H2,1-4H3,(H,20,24). The molecule has 0 aliphatic rings. The number of hydrogen-bond donors (Lipinski definition) is 1. The number of hydrogen-bond acceptors (Lipinski definition) is 5. The topological polar surface area (TPSA) is 59.8 Å². The molecule has 0 saturated heterocycles. The number of carbonyl (C=O) groups excluding carboxylic acids is 1. The summed E-state index contributed by atoms with van der Waals surface area (Å²) in [7, 11) is 1.92. The fourth-order valence-corrected chi connectivity index (χ4v) is 3.90. The summed E-state index contributed by atoms with van der Waals surface area (Å²) in [4.78, 5) is 13.3. The van der Waals surface area contributed by atoms with Gasteiger partial charge < -0.3 is 9.88 Å². The number of rotatable bonds is 5. The van der Waals surface area contributed by atoms with Crippen LogP contribution in [-0.4, -0.2) is 26.4 Å². The zero-order valence-corrected chi connectivity index (χ0v) is 16.9. The first-order chi connectivity index (χ1) is 12.3. The van der Waals surface area contributed by atoms with E-state index >= 15 is 0 Å². The van der Waals surface area contributed by atoms with Crippen molar-refractivity contribution in [2.75, 3.05) is 11.1 Å². The van der Waals surface area contributed by atoms with Crippen molar-refractivity contribution in [2.45, 2.75) is 31.3 Å². The Bertz CT molecular complexity index is 877.